The Morgan fingerprint density at radius 3 is 2.50 bits per heavy atom. The molecule has 2 rings (SSSR count). The van der Waals surface area contributed by atoms with E-state index >= 15 is 0 Å². The summed E-state index contributed by atoms with van der Waals surface area (Å²) in [5.74, 6) is -1.63. The van der Waals surface area contributed by atoms with Gasteiger partial charge >= 0.3 is 0 Å². The van der Waals surface area contributed by atoms with Crippen molar-refractivity contribution in [3.63, 3.8) is 0 Å². The van der Waals surface area contributed by atoms with Crippen LogP contribution in [0.15, 0.2) is 18.2 Å². The molecule has 1 heterocycles. The van der Waals surface area contributed by atoms with E-state index in [1.54, 1.807) is 0 Å². The van der Waals surface area contributed by atoms with Crippen LogP contribution in [0.3, 0.4) is 0 Å². The van der Waals surface area contributed by atoms with E-state index in [1.165, 1.54) is 6.07 Å². The van der Waals surface area contributed by atoms with Crippen molar-refractivity contribution in [3.05, 3.63) is 35.1 Å². The van der Waals surface area contributed by atoms with Crippen molar-refractivity contribution in [1.29, 1.82) is 0 Å². The van der Waals surface area contributed by atoms with Crippen LogP contribution in [0, 0.1) is 11.6 Å². The van der Waals surface area contributed by atoms with E-state index in [-0.39, 0.29) is 22.6 Å². The van der Waals surface area contributed by atoms with Gasteiger partial charge in [-0.2, -0.15) is 15.0 Å². The molecule has 0 aliphatic carbocycles. The van der Waals surface area contributed by atoms with E-state index in [0.717, 1.165) is 12.1 Å². The molecule has 0 aliphatic rings. The molecule has 0 atom stereocenters. The molecule has 2 aromatic rings. The van der Waals surface area contributed by atoms with Crippen LogP contribution in [0.2, 0.25) is 5.28 Å². The lowest BCUT2D eigenvalue weighted by Crippen LogP contribution is -2.01. The number of nitrogen functional groups attached to an aromatic ring is 1. The lowest BCUT2D eigenvalue weighted by molar-refractivity contribution is 0.585. The van der Waals surface area contributed by atoms with Crippen LogP contribution in [0.25, 0.3) is 11.4 Å². The fraction of sp³-hybridized carbons (Fsp3) is 0. The van der Waals surface area contributed by atoms with Crippen LogP contribution in [-0.4, -0.2) is 15.0 Å². The van der Waals surface area contributed by atoms with E-state index in [4.69, 9.17) is 17.3 Å². The molecule has 0 aliphatic heterocycles. The second kappa shape index (κ2) is 3.97. The third kappa shape index (κ3) is 2.06. The van der Waals surface area contributed by atoms with Gasteiger partial charge in [0.2, 0.25) is 11.2 Å². The smallest absolute Gasteiger partial charge is 0.227 e. The normalized spacial score (nSPS) is 10.4. The Hall–Kier alpha value is -1.82. The van der Waals surface area contributed by atoms with Gasteiger partial charge in [-0.25, -0.2) is 8.78 Å². The van der Waals surface area contributed by atoms with Crippen molar-refractivity contribution in [2.24, 2.45) is 0 Å². The van der Waals surface area contributed by atoms with Gasteiger partial charge in [-0.1, -0.05) is 0 Å². The lowest BCUT2D eigenvalue weighted by Gasteiger charge is -2.02. The molecule has 0 fully saturated rings. The standard InChI is InChI=1S/C9H5ClF2N4/c10-8-14-7(15-9(13)16-8)5-2-1-4(11)3-6(5)12/h1-3H,(H2,13,14,15,16). The van der Waals surface area contributed by atoms with Crippen molar-refractivity contribution < 1.29 is 8.78 Å². The molecular formula is C9H5ClF2N4. The zero-order valence-electron chi connectivity index (χ0n) is 7.78. The minimum Gasteiger partial charge on any atom is -0.368 e. The number of rotatable bonds is 1. The zero-order chi connectivity index (χ0) is 11.7. The molecule has 0 saturated carbocycles. The summed E-state index contributed by atoms with van der Waals surface area (Å²) in [4.78, 5) is 10.9. The predicted octanol–water partition coefficient (Wildman–Crippen LogP) is 2.05. The number of hydrogen-bond acceptors (Lipinski definition) is 4. The molecule has 4 nitrogen and oxygen atoms in total. The highest BCUT2D eigenvalue weighted by Crippen LogP contribution is 2.21. The monoisotopic (exact) mass is 242 g/mol. The Kier molecular flexibility index (Phi) is 2.66. The summed E-state index contributed by atoms with van der Waals surface area (Å²) >= 11 is 5.54. The maximum atomic E-state index is 13.4. The molecule has 0 saturated heterocycles. The van der Waals surface area contributed by atoms with E-state index in [2.05, 4.69) is 15.0 Å². The number of nitrogens with two attached hydrogens (primary N) is 1. The number of benzene rings is 1. The fourth-order valence-corrected chi connectivity index (χ4v) is 1.32. The first-order valence-corrected chi connectivity index (χ1v) is 4.56. The lowest BCUT2D eigenvalue weighted by atomic mass is 10.2. The summed E-state index contributed by atoms with van der Waals surface area (Å²) in [5.41, 5.74) is 5.35. The van der Waals surface area contributed by atoms with Crippen LogP contribution in [0.4, 0.5) is 14.7 Å². The van der Waals surface area contributed by atoms with Gasteiger partial charge in [0, 0.05) is 6.07 Å². The van der Waals surface area contributed by atoms with Crippen molar-refractivity contribution >= 4 is 17.5 Å². The molecule has 0 unspecified atom stereocenters. The summed E-state index contributed by atoms with van der Waals surface area (Å²) in [6.45, 7) is 0. The topological polar surface area (TPSA) is 64.7 Å². The summed E-state index contributed by atoms with van der Waals surface area (Å²) in [7, 11) is 0. The molecule has 1 aromatic carbocycles. The van der Waals surface area contributed by atoms with Crippen molar-refractivity contribution in [1.82, 2.24) is 15.0 Å². The summed E-state index contributed by atoms with van der Waals surface area (Å²) in [6, 6.07) is 3.02. The van der Waals surface area contributed by atoms with Gasteiger partial charge in [-0.15, -0.1) is 0 Å². The highest BCUT2D eigenvalue weighted by Gasteiger charge is 2.11. The quantitative estimate of drug-likeness (QED) is 0.831. The largest absolute Gasteiger partial charge is 0.368 e. The Labute approximate surface area is 94.1 Å². The first-order valence-electron chi connectivity index (χ1n) is 4.19. The summed E-state index contributed by atoms with van der Waals surface area (Å²) < 4.78 is 26.1. The molecule has 2 N–H and O–H groups in total. The second-order valence-electron chi connectivity index (χ2n) is 2.91. The maximum Gasteiger partial charge on any atom is 0.227 e. The summed E-state index contributed by atoms with van der Waals surface area (Å²) in [6.07, 6.45) is 0. The van der Waals surface area contributed by atoms with Gasteiger partial charge in [0.15, 0.2) is 5.82 Å². The van der Waals surface area contributed by atoms with E-state index in [1.807, 2.05) is 0 Å². The van der Waals surface area contributed by atoms with Gasteiger partial charge in [-0.05, 0) is 23.7 Å². The van der Waals surface area contributed by atoms with Gasteiger partial charge in [0.05, 0.1) is 5.56 Å². The average Bonchev–Trinajstić information content (AvgIpc) is 2.15. The first-order chi connectivity index (χ1) is 7.56. The van der Waals surface area contributed by atoms with Crippen LogP contribution < -0.4 is 5.73 Å². The summed E-state index contributed by atoms with van der Waals surface area (Å²) in [5, 5.41) is -0.147. The van der Waals surface area contributed by atoms with Crippen LogP contribution in [0.1, 0.15) is 0 Å². The molecule has 82 valence electrons. The van der Waals surface area contributed by atoms with Crippen LogP contribution in [0.5, 0.6) is 0 Å². The highest BCUT2D eigenvalue weighted by atomic mass is 35.5. The third-order valence-corrected chi connectivity index (χ3v) is 1.97. The van der Waals surface area contributed by atoms with Crippen molar-refractivity contribution in [2.75, 3.05) is 5.73 Å². The minimum atomic E-state index is -0.790. The molecule has 0 spiro atoms. The van der Waals surface area contributed by atoms with Crippen LogP contribution >= 0.6 is 11.6 Å². The number of aromatic nitrogens is 3. The first kappa shape index (κ1) is 10.7. The van der Waals surface area contributed by atoms with E-state index in [0.29, 0.717) is 0 Å². The molecular weight excluding hydrogens is 238 g/mol. The van der Waals surface area contributed by atoms with Crippen LogP contribution in [-0.2, 0) is 0 Å². The number of halogens is 3. The Bertz CT molecular complexity index is 527. The minimum absolute atomic E-state index is 0.0115. The highest BCUT2D eigenvalue weighted by molar-refractivity contribution is 6.28. The van der Waals surface area contributed by atoms with Gasteiger partial charge in [-0.3, -0.25) is 0 Å². The Morgan fingerprint density at radius 2 is 1.88 bits per heavy atom. The average molecular weight is 243 g/mol. The van der Waals surface area contributed by atoms with Gasteiger partial charge < -0.3 is 5.73 Å². The van der Waals surface area contributed by atoms with E-state index < -0.39 is 11.6 Å². The predicted molar refractivity (Wildman–Crippen MR) is 54.6 cm³/mol. The number of hydrogen-bond donors (Lipinski definition) is 1. The Morgan fingerprint density at radius 1 is 1.12 bits per heavy atom. The fourth-order valence-electron chi connectivity index (χ4n) is 1.16. The molecule has 0 radical (unpaired) electrons. The molecule has 7 heteroatoms. The van der Waals surface area contributed by atoms with E-state index in [9.17, 15) is 8.78 Å². The molecule has 1 aromatic heterocycles. The number of anilines is 1. The van der Waals surface area contributed by atoms with Crippen molar-refractivity contribution in [3.8, 4) is 11.4 Å². The van der Waals surface area contributed by atoms with Gasteiger partial charge in [0.1, 0.15) is 11.6 Å². The zero-order valence-corrected chi connectivity index (χ0v) is 8.54. The number of nitrogens with zero attached hydrogens (tertiary/aromatic N) is 3. The SMILES string of the molecule is Nc1nc(Cl)nc(-c2ccc(F)cc2F)n1. The third-order valence-electron chi connectivity index (χ3n) is 1.80. The second-order valence-corrected chi connectivity index (χ2v) is 3.25. The molecule has 0 bridgehead atoms. The molecule has 0 amide bonds. The van der Waals surface area contributed by atoms with Crippen molar-refractivity contribution in [2.45, 2.75) is 0 Å². The maximum absolute atomic E-state index is 13.4. The molecule has 16 heavy (non-hydrogen) atoms. The van der Waals surface area contributed by atoms with Gasteiger partial charge in [0.25, 0.3) is 0 Å². The Balaban J connectivity index is 2.58.